The molecule has 4 aromatic rings. The molecule has 0 aliphatic carbocycles. The lowest BCUT2D eigenvalue weighted by atomic mass is 10.2. The van der Waals surface area contributed by atoms with E-state index in [1.165, 1.54) is 27.8 Å². The lowest BCUT2D eigenvalue weighted by molar-refractivity contribution is -0.116. The lowest BCUT2D eigenvalue weighted by Crippen LogP contribution is -2.27. The predicted octanol–water partition coefficient (Wildman–Crippen LogP) is 3.63. The molecule has 0 aliphatic rings. The highest BCUT2D eigenvalue weighted by Gasteiger charge is 2.15. The van der Waals surface area contributed by atoms with E-state index in [-0.39, 0.29) is 11.9 Å². The average molecular weight is 426 g/mol. The zero-order valence-corrected chi connectivity index (χ0v) is 16.9. The van der Waals surface area contributed by atoms with Crippen LogP contribution in [0.3, 0.4) is 0 Å². The summed E-state index contributed by atoms with van der Waals surface area (Å²) < 4.78 is 16.4. The largest absolute Gasteiger partial charge is 0.324 e. The molecule has 0 aliphatic heterocycles. The summed E-state index contributed by atoms with van der Waals surface area (Å²) in [6.45, 7) is 3.27. The van der Waals surface area contributed by atoms with Crippen LogP contribution in [0.4, 0.5) is 10.1 Å². The molecule has 0 atom stereocenters. The van der Waals surface area contributed by atoms with Crippen molar-refractivity contribution in [1.29, 1.82) is 0 Å². The quantitative estimate of drug-likeness (QED) is 0.541. The minimum atomic E-state index is -0.473. The molecule has 30 heavy (non-hydrogen) atoms. The summed E-state index contributed by atoms with van der Waals surface area (Å²) in [7, 11) is 0. The van der Waals surface area contributed by atoms with Gasteiger partial charge in [0.2, 0.25) is 5.91 Å². The van der Waals surface area contributed by atoms with Gasteiger partial charge in [-0.15, -0.1) is 0 Å². The van der Waals surface area contributed by atoms with Gasteiger partial charge in [0.15, 0.2) is 5.65 Å². The molecule has 0 bridgehead atoms. The molecule has 7 nitrogen and oxygen atoms in total. The molecule has 1 amide bonds. The normalized spacial score (nSPS) is 11.1. The minimum absolute atomic E-state index is 0.265. The van der Waals surface area contributed by atoms with Gasteiger partial charge < -0.3 is 5.32 Å². The maximum Gasteiger partial charge on any atom is 0.264 e. The van der Waals surface area contributed by atoms with Crippen molar-refractivity contribution in [2.24, 2.45) is 0 Å². The summed E-state index contributed by atoms with van der Waals surface area (Å²) in [6.07, 6.45) is 2.70. The number of aromatic nitrogens is 4. The molecular formula is C21H17ClFN5O2. The fourth-order valence-corrected chi connectivity index (χ4v) is 3.24. The SMILES string of the molecule is Cc1ccc(NC(=O)Cn2cnc3c(cnn3-c3cc(Cl)ccc3C)c2=O)cc1F. The topological polar surface area (TPSA) is 81.8 Å². The standard InChI is InChI=1S/C21H17ClFN5O2/c1-12-4-6-15(8-17(12)23)26-19(29)10-27-11-24-20-16(21(27)30)9-25-28(20)18-7-14(22)5-3-13(18)2/h3-9,11H,10H2,1-2H3,(H,26,29). The van der Waals surface area contributed by atoms with Crippen molar-refractivity contribution in [2.75, 3.05) is 5.32 Å². The number of amides is 1. The predicted molar refractivity (Wildman–Crippen MR) is 113 cm³/mol. The summed E-state index contributed by atoms with van der Waals surface area (Å²) in [4.78, 5) is 29.4. The van der Waals surface area contributed by atoms with Crippen molar-refractivity contribution in [3.8, 4) is 5.69 Å². The maximum absolute atomic E-state index is 13.7. The van der Waals surface area contributed by atoms with Crippen LogP contribution in [-0.4, -0.2) is 25.2 Å². The Morgan fingerprint density at radius 1 is 1.17 bits per heavy atom. The summed E-state index contributed by atoms with van der Waals surface area (Å²) in [6, 6.07) is 9.75. The number of nitrogens with zero attached hydrogens (tertiary/aromatic N) is 4. The van der Waals surface area contributed by atoms with Crippen LogP contribution in [-0.2, 0) is 11.3 Å². The number of benzene rings is 2. The van der Waals surface area contributed by atoms with Gasteiger partial charge in [0.25, 0.3) is 5.56 Å². The first-order valence-corrected chi connectivity index (χ1v) is 9.47. The minimum Gasteiger partial charge on any atom is -0.324 e. The Morgan fingerprint density at radius 3 is 2.70 bits per heavy atom. The number of nitrogens with one attached hydrogen (secondary N) is 1. The number of hydrogen-bond donors (Lipinski definition) is 1. The third-order valence-electron chi connectivity index (χ3n) is 4.72. The monoisotopic (exact) mass is 425 g/mol. The number of halogens is 2. The number of anilines is 1. The highest BCUT2D eigenvalue weighted by Crippen LogP contribution is 2.21. The zero-order chi connectivity index (χ0) is 21.4. The van der Waals surface area contributed by atoms with E-state index in [0.717, 1.165) is 5.56 Å². The number of rotatable bonds is 4. The van der Waals surface area contributed by atoms with E-state index >= 15 is 0 Å². The van der Waals surface area contributed by atoms with E-state index in [0.29, 0.717) is 27.6 Å². The summed E-state index contributed by atoms with van der Waals surface area (Å²) in [5, 5.41) is 7.66. The molecule has 0 spiro atoms. The van der Waals surface area contributed by atoms with E-state index in [4.69, 9.17) is 11.6 Å². The van der Waals surface area contributed by atoms with Crippen LogP contribution in [0.15, 0.2) is 53.7 Å². The van der Waals surface area contributed by atoms with Crippen molar-refractivity contribution in [3.05, 3.63) is 81.2 Å². The fraction of sp³-hybridized carbons (Fsp3) is 0.143. The lowest BCUT2D eigenvalue weighted by Gasteiger charge is -2.09. The number of carbonyl (C=O) groups is 1. The average Bonchev–Trinajstić information content (AvgIpc) is 3.13. The van der Waals surface area contributed by atoms with E-state index in [1.54, 1.807) is 31.2 Å². The molecule has 0 unspecified atom stereocenters. The Hall–Kier alpha value is -3.52. The Bertz CT molecular complexity index is 1350. The molecule has 152 valence electrons. The van der Waals surface area contributed by atoms with Gasteiger partial charge in [-0.3, -0.25) is 14.2 Å². The molecule has 0 saturated carbocycles. The molecule has 2 aromatic carbocycles. The van der Waals surface area contributed by atoms with Gasteiger partial charge in [0.05, 0.1) is 11.9 Å². The Morgan fingerprint density at radius 2 is 1.93 bits per heavy atom. The van der Waals surface area contributed by atoms with Gasteiger partial charge in [-0.1, -0.05) is 23.7 Å². The molecular weight excluding hydrogens is 409 g/mol. The van der Waals surface area contributed by atoms with Crippen LogP contribution in [0.1, 0.15) is 11.1 Å². The van der Waals surface area contributed by atoms with Crippen molar-refractivity contribution in [2.45, 2.75) is 20.4 Å². The van der Waals surface area contributed by atoms with Crippen molar-refractivity contribution in [1.82, 2.24) is 19.3 Å². The van der Waals surface area contributed by atoms with E-state index in [1.807, 2.05) is 13.0 Å². The van der Waals surface area contributed by atoms with E-state index < -0.39 is 17.3 Å². The van der Waals surface area contributed by atoms with Crippen molar-refractivity contribution >= 4 is 34.2 Å². The number of aryl methyl sites for hydroxylation is 2. The Balaban J connectivity index is 1.63. The number of fused-ring (bicyclic) bond motifs is 1. The van der Waals surface area contributed by atoms with Gasteiger partial charge >= 0.3 is 0 Å². The summed E-state index contributed by atoms with van der Waals surface area (Å²) >= 11 is 6.09. The first-order chi connectivity index (χ1) is 14.3. The highest BCUT2D eigenvalue weighted by molar-refractivity contribution is 6.30. The van der Waals surface area contributed by atoms with Gasteiger partial charge in [-0.25, -0.2) is 14.1 Å². The van der Waals surface area contributed by atoms with Crippen LogP contribution in [0.25, 0.3) is 16.7 Å². The summed E-state index contributed by atoms with van der Waals surface area (Å²) in [5.41, 5.74) is 2.38. The molecule has 2 aromatic heterocycles. The van der Waals surface area contributed by atoms with Crippen molar-refractivity contribution in [3.63, 3.8) is 0 Å². The Kier molecular flexibility index (Phi) is 5.09. The van der Waals surface area contributed by atoms with Gasteiger partial charge in [0, 0.05) is 10.7 Å². The number of hydrogen-bond acceptors (Lipinski definition) is 4. The van der Waals surface area contributed by atoms with Crippen LogP contribution < -0.4 is 10.9 Å². The molecule has 4 rings (SSSR count). The van der Waals surface area contributed by atoms with E-state index in [9.17, 15) is 14.0 Å². The second-order valence-corrected chi connectivity index (χ2v) is 7.35. The zero-order valence-electron chi connectivity index (χ0n) is 16.2. The van der Waals surface area contributed by atoms with Gasteiger partial charge in [-0.2, -0.15) is 5.10 Å². The summed E-state index contributed by atoms with van der Waals surface area (Å²) in [5.74, 6) is -0.892. The van der Waals surface area contributed by atoms with Crippen LogP contribution in [0.2, 0.25) is 5.02 Å². The molecule has 2 heterocycles. The molecule has 9 heteroatoms. The molecule has 1 N–H and O–H groups in total. The third-order valence-corrected chi connectivity index (χ3v) is 4.96. The first-order valence-electron chi connectivity index (χ1n) is 9.09. The molecule has 0 fully saturated rings. The van der Waals surface area contributed by atoms with E-state index in [2.05, 4.69) is 15.4 Å². The molecule has 0 radical (unpaired) electrons. The maximum atomic E-state index is 13.7. The van der Waals surface area contributed by atoms with Crippen LogP contribution in [0, 0.1) is 19.7 Å². The van der Waals surface area contributed by atoms with Crippen molar-refractivity contribution < 1.29 is 9.18 Å². The first kappa shape index (κ1) is 19.8. The van der Waals surface area contributed by atoms with Crippen LogP contribution in [0.5, 0.6) is 0 Å². The van der Waals surface area contributed by atoms with Gasteiger partial charge in [-0.05, 0) is 49.2 Å². The fourth-order valence-electron chi connectivity index (χ4n) is 3.07. The molecule has 0 saturated heterocycles. The third kappa shape index (κ3) is 3.69. The second kappa shape index (κ2) is 7.72. The smallest absolute Gasteiger partial charge is 0.264 e. The second-order valence-electron chi connectivity index (χ2n) is 6.91. The van der Waals surface area contributed by atoms with Crippen LogP contribution >= 0.6 is 11.6 Å². The van der Waals surface area contributed by atoms with Gasteiger partial charge in [0.1, 0.15) is 24.1 Å². The highest BCUT2D eigenvalue weighted by atomic mass is 35.5. The Labute approximate surface area is 175 Å². The number of carbonyl (C=O) groups excluding carboxylic acids is 1.